The van der Waals surface area contributed by atoms with Crippen molar-refractivity contribution in [3.63, 3.8) is 0 Å². The number of nitrogens with one attached hydrogen (secondary N) is 1. The Hall–Kier alpha value is -4.19. The molecule has 0 saturated heterocycles. The summed E-state index contributed by atoms with van der Waals surface area (Å²) in [5, 5.41) is 11.3. The number of hydrogen-bond donors (Lipinski definition) is 2. The van der Waals surface area contributed by atoms with E-state index in [0.717, 1.165) is 6.07 Å². The van der Waals surface area contributed by atoms with Crippen molar-refractivity contribution >= 4 is 17.6 Å². The fourth-order valence-electron chi connectivity index (χ4n) is 4.35. The van der Waals surface area contributed by atoms with Gasteiger partial charge in [-0.3, -0.25) is 9.69 Å². The van der Waals surface area contributed by atoms with Crippen LogP contribution in [0.25, 0.3) is 0 Å². The van der Waals surface area contributed by atoms with E-state index in [4.69, 9.17) is 9.84 Å². The molecule has 7 nitrogen and oxygen atoms in total. The van der Waals surface area contributed by atoms with Gasteiger partial charge in [-0.1, -0.05) is 6.07 Å². The number of carbonyl (C=O) groups excluding carboxylic acids is 2. The van der Waals surface area contributed by atoms with Gasteiger partial charge in [-0.2, -0.15) is 0 Å². The van der Waals surface area contributed by atoms with Gasteiger partial charge in [-0.15, -0.1) is 0 Å². The van der Waals surface area contributed by atoms with Crippen molar-refractivity contribution in [2.24, 2.45) is 0 Å². The zero-order valence-corrected chi connectivity index (χ0v) is 21.6. The number of halogens is 5. The van der Waals surface area contributed by atoms with Crippen LogP contribution in [-0.2, 0) is 13.1 Å². The van der Waals surface area contributed by atoms with Crippen molar-refractivity contribution in [2.45, 2.75) is 32.5 Å². The summed E-state index contributed by atoms with van der Waals surface area (Å²) in [6, 6.07) is 6.58. The minimum absolute atomic E-state index is 0.0159. The molecule has 212 valence electrons. The molecular formula is C28H26F5N3O4. The van der Waals surface area contributed by atoms with E-state index in [-0.39, 0.29) is 42.2 Å². The topological polar surface area (TPSA) is 82.1 Å². The van der Waals surface area contributed by atoms with Gasteiger partial charge in [-0.05, 0) is 30.7 Å². The normalized spacial score (nSPS) is 14.8. The molecule has 1 atom stereocenters. The number of anilines is 1. The number of hydrogen-bond acceptors (Lipinski definition) is 4. The van der Waals surface area contributed by atoms with Gasteiger partial charge in [0, 0.05) is 61.5 Å². The number of carbonyl (C=O) groups is 2. The molecule has 3 amide bonds. The van der Waals surface area contributed by atoms with Crippen molar-refractivity contribution in [1.29, 1.82) is 0 Å². The van der Waals surface area contributed by atoms with Gasteiger partial charge >= 0.3 is 6.03 Å². The lowest BCUT2D eigenvalue weighted by molar-refractivity contribution is 0.0950. The van der Waals surface area contributed by atoms with Gasteiger partial charge in [0.1, 0.15) is 23.2 Å². The van der Waals surface area contributed by atoms with E-state index in [2.05, 4.69) is 5.32 Å². The molecule has 40 heavy (non-hydrogen) atoms. The molecule has 1 unspecified atom stereocenters. The molecule has 0 aliphatic carbocycles. The monoisotopic (exact) mass is 563 g/mol. The average Bonchev–Trinajstić information content (AvgIpc) is 2.91. The van der Waals surface area contributed by atoms with E-state index in [1.165, 1.54) is 28.0 Å². The lowest BCUT2D eigenvalue weighted by Gasteiger charge is -2.39. The fraction of sp³-hybridized carbons (Fsp3) is 0.286. The number of amides is 3. The minimum Gasteiger partial charge on any atom is -0.493 e. The van der Waals surface area contributed by atoms with Gasteiger partial charge in [-0.25, -0.2) is 26.7 Å². The first-order valence-corrected chi connectivity index (χ1v) is 12.3. The maximum absolute atomic E-state index is 14.8. The Bertz CT molecular complexity index is 1430. The molecule has 3 aromatic rings. The number of ether oxygens (including phenoxy) is 1. The van der Waals surface area contributed by atoms with Crippen molar-refractivity contribution in [3.8, 4) is 5.75 Å². The summed E-state index contributed by atoms with van der Waals surface area (Å²) in [5.74, 6) is -6.49. The van der Waals surface area contributed by atoms with E-state index in [1.54, 1.807) is 20.0 Å². The smallest absolute Gasteiger partial charge is 0.325 e. The molecule has 12 heteroatoms. The Kier molecular flexibility index (Phi) is 8.58. The highest BCUT2D eigenvalue weighted by atomic mass is 19.2. The molecule has 2 N–H and O–H groups in total. The molecule has 0 fully saturated rings. The standard InChI is InChI=1S/C28H26F5N3O4/c1-15-20-5-4-16(27(38)34-13-21-22(30)10-18(29)11-23(21)31)9-25(20)36(28(39)35(15)2)14-17-8-19(40-7-3-6-37)12-24(32)26(17)33/h4-5,8-12,15,37H,3,6-7,13-14H2,1-2H3,(H,34,38). The Labute approximate surface area is 226 Å². The third-order valence-corrected chi connectivity index (χ3v) is 6.66. The highest BCUT2D eigenvalue weighted by molar-refractivity contribution is 5.99. The van der Waals surface area contributed by atoms with E-state index < -0.39 is 65.7 Å². The molecule has 0 radical (unpaired) electrons. The largest absolute Gasteiger partial charge is 0.493 e. The van der Waals surface area contributed by atoms with Crippen LogP contribution in [0, 0.1) is 29.1 Å². The summed E-state index contributed by atoms with van der Waals surface area (Å²) >= 11 is 0. The quantitative estimate of drug-likeness (QED) is 0.277. The molecular weight excluding hydrogens is 537 g/mol. The number of aliphatic hydroxyl groups excluding tert-OH is 1. The highest BCUT2D eigenvalue weighted by Crippen LogP contribution is 2.38. The van der Waals surface area contributed by atoms with Gasteiger partial charge in [0.15, 0.2) is 11.6 Å². The summed E-state index contributed by atoms with van der Waals surface area (Å²) in [7, 11) is 1.54. The van der Waals surface area contributed by atoms with E-state index in [0.29, 0.717) is 17.7 Å². The molecule has 0 aromatic heterocycles. The predicted molar refractivity (Wildman–Crippen MR) is 135 cm³/mol. The zero-order chi connectivity index (χ0) is 29.1. The third kappa shape index (κ3) is 5.86. The molecule has 1 aliphatic rings. The van der Waals surface area contributed by atoms with Gasteiger partial charge in [0.25, 0.3) is 5.91 Å². The van der Waals surface area contributed by atoms with Crippen LogP contribution in [-0.4, -0.2) is 42.2 Å². The highest BCUT2D eigenvalue weighted by Gasteiger charge is 2.34. The van der Waals surface area contributed by atoms with E-state index >= 15 is 0 Å². The molecule has 1 aliphatic heterocycles. The van der Waals surface area contributed by atoms with Crippen molar-refractivity contribution in [2.75, 3.05) is 25.2 Å². The summed E-state index contributed by atoms with van der Waals surface area (Å²) in [5.41, 5.74) is 0.194. The first-order chi connectivity index (χ1) is 19.0. The van der Waals surface area contributed by atoms with Crippen molar-refractivity contribution in [1.82, 2.24) is 10.2 Å². The van der Waals surface area contributed by atoms with Crippen LogP contribution in [0.3, 0.4) is 0 Å². The van der Waals surface area contributed by atoms with Crippen LogP contribution in [0.4, 0.5) is 32.4 Å². The number of rotatable bonds is 9. The van der Waals surface area contributed by atoms with Gasteiger partial charge in [0.2, 0.25) is 0 Å². The summed E-state index contributed by atoms with van der Waals surface area (Å²) < 4.78 is 75.7. The third-order valence-electron chi connectivity index (χ3n) is 6.66. The fourth-order valence-corrected chi connectivity index (χ4v) is 4.35. The number of urea groups is 1. The second-order valence-electron chi connectivity index (χ2n) is 9.26. The Morgan fingerprint density at radius 2 is 1.73 bits per heavy atom. The second-order valence-corrected chi connectivity index (χ2v) is 9.26. The first kappa shape index (κ1) is 28.8. The molecule has 0 bridgehead atoms. The second kappa shape index (κ2) is 11.9. The maximum Gasteiger partial charge on any atom is 0.325 e. The van der Waals surface area contributed by atoms with Gasteiger partial charge in [0.05, 0.1) is 24.9 Å². The number of benzene rings is 3. The molecule has 0 spiro atoms. The van der Waals surface area contributed by atoms with Gasteiger partial charge < -0.3 is 20.1 Å². The SMILES string of the molecule is CC1c2ccc(C(=O)NCc3c(F)cc(F)cc3F)cc2N(Cc2cc(OCCCO)cc(F)c2F)C(=O)N1C. The van der Waals surface area contributed by atoms with E-state index in [1.807, 2.05) is 0 Å². The number of aliphatic hydroxyl groups is 1. The van der Waals surface area contributed by atoms with Crippen LogP contribution in [0.5, 0.6) is 5.75 Å². The van der Waals surface area contributed by atoms with Crippen molar-refractivity contribution < 1.29 is 41.4 Å². The Morgan fingerprint density at radius 1 is 1.02 bits per heavy atom. The maximum atomic E-state index is 14.8. The lowest BCUT2D eigenvalue weighted by atomic mass is 9.98. The van der Waals surface area contributed by atoms with Crippen LogP contribution < -0.4 is 15.0 Å². The predicted octanol–water partition coefficient (Wildman–Crippen LogP) is 5.21. The molecule has 3 aromatic carbocycles. The van der Waals surface area contributed by atoms with Crippen LogP contribution in [0.2, 0.25) is 0 Å². The first-order valence-electron chi connectivity index (χ1n) is 12.3. The number of fused-ring (bicyclic) bond motifs is 1. The Morgan fingerprint density at radius 3 is 2.40 bits per heavy atom. The van der Waals surface area contributed by atoms with Crippen molar-refractivity contribution in [3.05, 3.63) is 93.8 Å². The van der Waals surface area contributed by atoms with Crippen LogP contribution in [0.1, 0.15) is 46.4 Å². The van der Waals surface area contributed by atoms with Crippen LogP contribution >= 0.6 is 0 Å². The minimum atomic E-state index is -1.18. The zero-order valence-electron chi connectivity index (χ0n) is 21.6. The average molecular weight is 564 g/mol. The number of nitrogens with zero attached hydrogens (tertiary/aromatic N) is 2. The Balaban J connectivity index is 1.64. The summed E-state index contributed by atoms with van der Waals surface area (Å²) in [6.07, 6.45) is 0.278. The van der Waals surface area contributed by atoms with Crippen LogP contribution in [0.15, 0.2) is 42.5 Å². The lowest BCUT2D eigenvalue weighted by Crippen LogP contribution is -2.46. The molecule has 0 saturated carbocycles. The summed E-state index contributed by atoms with van der Waals surface area (Å²) in [4.78, 5) is 28.7. The van der Waals surface area contributed by atoms with E-state index in [9.17, 15) is 31.5 Å². The summed E-state index contributed by atoms with van der Waals surface area (Å²) in [6.45, 7) is 0.702. The molecule has 4 rings (SSSR count). The molecule has 1 heterocycles.